The van der Waals surface area contributed by atoms with Gasteiger partial charge in [0.2, 0.25) is 0 Å². The van der Waals surface area contributed by atoms with Crippen LogP contribution in [0.1, 0.15) is 52.1 Å². The van der Waals surface area contributed by atoms with Gasteiger partial charge in [-0.2, -0.15) is 5.10 Å². The highest BCUT2D eigenvalue weighted by atomic mass is 15.2. The molecule has 0 aliphatic rings. The lowest BCUT2D eigenvalue weighted by Crippen LogP contribution is -2.34. The topological polar surface area (TPSA) is 29.9 Å². The number of aromatic nitrogens is 2. The fourth-order valence-corrected chi connectivity index (χ4v) is 1.93. The molecule has 0 spiro atoms. The number of nitrogens with one attached hydrogen (secondary N) is 1. The van der Waals surface area contributed by atoms with Crippen LogP contribution in [0, 0.1) is 5.41 Å². The molecule has 1 heterocycles. The summed E-state index contributed by atoms with van der Waals surface area (Å²) >= 11 is 0. The molecule has 1 rings (SSSR count). The standard InChI is InChI=1S/C13H25N3/c1-6-8-14-12(13(3,4)7-2)11-9-15-16(5)10-11/h9-10,12,14H,6-8H2,1-5H3. The van der Waals surface area contributed by atoms with Crippen LogP contribution in [0.25, 0.3) is 0 Å². The lowest BCUT2D eigenvalue weighted by Gasteiger charge is -2.33. The molecule has 0 saturated heterocycles. The van der Waals surface area contributed by atoms with Crippen molar-refractivity contribution in [3.8, 4) is 0 Å². The summed E-state index contributed by atoms with van der Waals surface area (Å²) in [4.78, 5) is 0. The molecule has 0 amide bonds. The SMILES string of the molecule is CCCNC(c1cnn(C)c1)C(C)(C)CC. The minimum atomic E-state index is 0.262. The molecule has 0 aliphatic carbocycles. The maximum Gasteiger partial charge on any atom is 0.0537 e. The molecule has 0 aliphatic heterocycles. The first kappa shape index (κ1) is 13.2. The molecule has 1 aromatic heterocycles. The van der Waals surface area contributed by atoms with Gasteiger partial charge < -0.3 is 5.32 Å². The number of hydrogen-bond donors (Lipinski definition) is 1. The predicted molar refractivity (Wildman–Crippen MR) is 68.3 cm³/mol. The Hall–Kier alpha value is -0.830. The molecule has 3 nitrogen and oxygen atoms in total. The maximum atomic E-state index is 4.27. The van der Waals surface area contributed by atoms with Crippen molar-refractivity contribution in [1.29, 1.82) is 0 Å². The van der Waals surface area contributed by atoms with Crippen LogP contribution in [0.2, 0.25) is 0 Å². The van der Waals surface area contributed by atoms with Crippen molar-refractivity contribution in [3.05, 3.63) is 18.0 Å². The molecule has 1 N–H and O–H groups in total. The van der Waals surface area contributed by atoms with Gasteiger partial charge in [-0.3, -0.25) is 4.68 Å². The van der Waals surface area contributed by atoms with E-state index in [1.165, 1.54) is 5.56 Å². The first-order chi connectivity index (χ1) is 7.51. The third-order valence-corrected chi connectivity index (χ3v) is 3.35. The minimum absolute atomic E-state index is 0.262. The van der Waals surface area contributed by atoms with Gasteiger partial charge in [0, 0.05) is 24.8 Å². The number of rotatable bonds is 6. The van der Waals surface area contributed by atoms with Crippen LogP contribution in [0.5, 0.6) is 0 Å². The van der Waals surface area contributed by atoms with Crippen molar-refractivity contribution in [2.45, 2.75) is 46.6 Å². The molecule has 0 saturated carbocycles. The number of hydrogen-bond acceptors (Lipinski definition) is 2. The fraction of sp³-hybridized carbons (Fsp3) is 0.769. The van der Waals surface area contributed by atoms with Gasteiger partial charge in [-0.15, -0.1) is 0 Å². The molecule has 0 radical (unpaired) electrons. The summed E-state index contributed by atoms with van der Waals surface area (Å²) in [7, 11) is 1.97. The van der Waals surface area contributed by atoms with Crippen LogP contribution >= 0.6 is 0 Å². The van der Waals surface area contributed by atoms with Crippen molar-refractivity contribution in [2.24, 2.45) is 12.5 Å². The van der Waals surface area contributed by atoms with E-state index in [1.807, 2.05) is 17.9 Å². The molecule has 1 aromatic rings. The van der Waals surface area contributed by atoms with Crippen LogP contribution in [-0.4, -0.2) is 16.3 Å². The van der Waals surface area contributed by atoms with Gasteiger partial charge in [0.25, 0.3) is 0 Å². The summed E-state index contributed by atoms with van der Waals surface area (Å²) in [5.74, 6) is 0. The second-order valence-electron chi connectivity index (χ2n) is 5.18. The van der Waals surface area contributed by atoms with E-state index in [-0.39, 0.29) is 5.41 Å². The lowest BCUT2D eigenvalue weighted by atomic mass is 9.79. The molecule has 1 atom stereocenters. The average molecular weight is 223 g/mol. The van der Waals surface area contributed by atoms with Gasteiger partial charge in [0.1, 0.15) is 0 Å². The van der Waals surface area contributed by atoms with Crippen LogP contribution < -0.4 is 5.32 Å². The molecule has 0 aromatic carbocycles. The van der Waals surface area contributed by atoms with Gasteiger partial charge in [-0.1, -0.05) is 27.7 Å². The smallest absolute Gasteiger partial charge is 0.0537 e. The van der Waals surface area contributed by atoms with Crippen molar-refractivity contribution in [2.75, 3.05) is 6.54 Å². The third-order valence-electron chi connectivity index (χ3n) is 3.35. The minimum Gasteiger partial charge on any atom is -0.309 e. The quantitative estimate of drug-likeness (QED) is 0.803. The lowest BCUT2D eigenvalue weighted by molar-refractivity contribution is 0.234. The van der Waals surface area contributed by atoms with Gasteiger partial charge in [0.15, 0.2) is 0 Å². The summed E-state index contributed by atoms with van der Waals surface area (Å²) in [6, 6.07) is 0.395. The Morgan fingerprint density at radius 1 is 1.44 bits per heavy atom. The Morgan fingerprint density at radius 3 is 2.56 bits per heavy atom. The summed E-state index contributed by atoms with van der Waals surface area (Å²) < 4.78 is 1.88. The fourth-order valence-electron chi connectivity index (χ4n) is 1.93. The third kappa shape index (κ3) is 3.08. The molecule has 92 valence electrons. The Balaban J connectivity index is 2.87. The van der Waals surface area contributed by atoms with E-state index in [9.17, 15) is 0 Å². The van der Waals surface area contributed by atoms with E-state index in [4.69, 9.17) is 0 Å². The molecule has 0 bridgehead atoms. The molecular weight excluding hydrogens is 198 g/mol. The van der Waals surface area contributed by atoms with Crippen molar-refractivity contribution in [1.82, 2.24) is 15.1 Å². The summed E-state index contributed by atoms with van der Waals surface area (Å²) in [5, 5.41) is 7.91. The van der Waals surface area contributed by atoms with Gasteiger partial charge >= 0.3 is 0 Å². The van der Waals surface area contributed by atoms with E-state index in [1.54, 1.807) is 0 Å². The summed E-state index contributed by atoms with van der Waals surface area (Å²) in [6.07, 6.45) is 6.41. The Bertz CT molecular complexity index is 315. The number of nitrogens with zero attached hydrogens (tertiary/aromatic N) is 2. The van der Waals surface area contributed by atoms with Gasteiger partial charge in [-0.05, 0) is 24.8 Å². The van der Waals surface area contributed by atoms with E-state index in [0.29, 0.717) is 6.04 Å². The van der Waals surface area contributed by atoms with E-state index in [0.717, 1.165) is 19.4 Å². The van der Waals surface area contributed by atoms with Crippen LogP contribution in [-0.2, 0) is 7.05 Å². The zero-order valence-electron chi connectivity index (χ0n) is 11.2. The normalized spacial score (nSPS) is 14.1. The second kappa shape index (κ2) is 5.48. The highest BCUT2D eigenvalue weighted by molar-refractivity contribution is 5.13. The Kier molecular flexibility index (Phi) is 4.54. The highest BCUT2D eigenvalue weighted by Crippen LogP contribution is 2.35. The Labute approximate surface area is 99.2 Å². The first-order valence-corrected chi connectivity index (χ1v) is 6.23. The second-order valence-corrected chi connectivity index (χ2v) is 5.18. The highest BCUT2D eigenvalue weighted by Gasteiger charge is 2.29. The molecule has 0 fully saturated rings. The Morgan fingerprint density at radius 2 is 2.12 bits per heavy atom. The zero-order valence-corrected chi connectivity index (χ0v) is 11.2. The van der Waals surface area contributed by atoms with E-state index >= 15 is 0 Å². The molecular formula is C13H25N3. The van der Waals surface area contributed by atoms with Crippen molar-refractivity contribution >= 4 is 0 Å². The van der Waals surface area contributed by atoms with Gasteiger partial charge in [-0.25, -0.2) is 0 Å². The van der Waals surface area contributed by atoms with Crippen molar-refractivity contribution < 1.29 is 0 Å². The van der Waals surface area contributed by atoms with Crippen molar-refractivity contribution in [3.63, 3.8) is 0 Å². The van der Waals surface area contributed by atoms with Crippen LogP contribution in [0.3, 0.4) is 0 Å². The summed E-state index contributed by atoms with van der Waals surface area (Å²) in [6.45, 7) is 10.1. The zero-order chi connectivity index (χ0) is 12.2. The maximum absolute atomic E-state index is 4.27. The molecule has 3 heteroatoms. The number of aryl methyl sites for hydroxylation is 1. The largest absolute Gasteiger partial charge is 0.309 e. The average Bonchev–Trinajstić information content (AvgIpc) is 2.65. The molecule has 1 unspecified atom stereocenters. The van der Waals surface area contributed by atoms with E-state index in [2.05, 4.69) is 44.3 Å². The van der Waals surface area contributed by atoms with Crippen LogP contribution in [0.4, 0.5) is 0 Å². The van der Waals surface area contributed by atoms with Gasteiger partial charge in [0.05, 0.1) is 6.20 Å². The first-order valence-electron chi connectivity index (χ1n) is 6.23. The monoisotopic (exact) mass is 223 g/mol. The molecule has 16 heavy (non-hydrogen) atoms. The van der Waals surface area contributed by atoms with E-state index < -0.39 is 0 Å². The predicted octanol–water partition coefficient (Wildman–Crippen LogP) is 2.90. The summed E-state index contributed by atoms with van der Waals surface area (Å²) in [5.41, 5.74) is 1.56. The van der Waals surface area contributed by atoms with Crippen LogP contribution in [0.15, 0.2) is 12.4 Å².